The number of anilines is 1. The average molecular weight is 638 g/mol. The van der Waals surface area contributed by atoms with Crippen LogP contribution in [0.5, 0.6) is 11.5 Å². The minimum atomic E-state index is -1.27. The number of rotatable bonds is 11. The molecule has 19 heteroatoms. The molecule has 6 rings (SSSR count). The lowest BCUT2D eigenvalue weighted by Gasteiger charge is -2.49. The molecule has 44 heavy (non-hydrogen) atoms. The lowest BCUT2D eigenvalue weighted by molar-refractivity contribution is -0.150. The van der Waals surface area contributed by atoms with Crippen LogP contribution in [0.2, 0.25) is 0 Å². The fourth-order valence-electron chi connectivity index (χ4n) is 4.71. The van der Waals surface area contributed by atoms with Crippen molar-refractivity contribution in [1.29, 1.82) is 0 Å². The molecule has 0 saturated carbocycles. The number of aliphatic carboxylic acids is 1. The van der Waals surface area contributed by atoms with Crippen LogP contribution in [0, 0.1) is 0 Å². The number of phenolic OH excluding ortho intramolecular Hbond substituents is 2. The van der Waals surface area contributed by atoms with Crippen LogP contribution in [-0.2, 0) is 20.9 Å². The minimum absolute atomic E-state index is 0.115. The zero-order valence-electron chi connectivity index (χ0n) is 22.4. The summed E-state index contributed by atoms with van der Waals surface area (Å²) in [5.41, 5.74) is 1.01. The third-order valence-corrected chi connectivity index (χ3v) is 9.20. The molecule has 4 aromatic rings. The number of phenols is 2. The van der Waals surface area contributed by atoms with Gasteiger partial charge < -0.3 is 26.0 Å². The zero-order chi connectivity index (χ0) is 30.8. The topological polar surface area (TPSA) is 237 Å². The van der Waals surface area contributed by atoms with Gasteiger partial charge in [0, 0.05) is 11.5 Å². The van der Waals surface area contributed by atoms with Crippen molar-refractivity contribution in [2.75, 3.05) is 16.8 Å². The van der Waals surface area contributed by atoms with Gasteiger partial charge in [-0.2, -0.15) is 5.21 Å². The normalized spacial score (nSPS) is 18.4. The predicted octanol–water partition coefficient (Wildman–Crippen LogP) is 0.330. The SMILES string of the molecule is O=C(O)C1=C(CSc2nnnn2Cc2nn[nH]n2)CS[C@H]2[C@H](NC(=O)C(Nc3cccc(O)c3O)c3ccccc3)C(=O)N12. The maximum atomic E-state index is 13.6. The second kappa shape index (κ2) is 12.2. The van der Waals surface area contributed by atoms with Crippen LogP contribution >= 0.6 is 23.5 Å². The molecular formula is C25H23N11O6S2. The van der Waals surface area contributed by atoms with Crippen molar-refractivity contribution in [3.8, 4) is 11.5 Å². The number of hydrogen-bond donors (Lipinski definition) is 6. The van der Waals surface area contributed by atoms with Crippen LogP contribution < -0.4 is 10.6 Å². The number of nitrogens with one attached hydrogen (secondary N) is 3. The fourth-order valence-corrected chi connectivity index (χ4v) is 7.08. The first-order chi connectivity index (χ1) is 21.3. The van der Waals surface area contributed by atoms with Gasteiger partial charge in [0.05, 0.1) is 5.69 Å². The number of carbonyl (C=O) groups is 3. The molecule has 6 N–H and O–H groups in total. The number of amides is 2. The molecule has 2 aromatic carbocycles. The number of carboxylic acids is 1. The van der Waals surface area contributed by atoms with Crippen molar-refractivity contribution in [3.63, 3.8) is 0 Å². The second-order valence-corrected chi connectivity index (χ2v) is 11.6. The number of benzene rings is 2. The number of aromatic amines is 1. The van der Waals surface area contributed by atoms with E-state index in [-0.39, 0.29) is 29.4 Å². The number of β-lactam (4-membered cyclic amide) rings is 1. The number of hydrogen-bond acceptors (Lipinski definition) is 14. The number of nitrogens with zero attached hydrogens (tertiary/aromatic N) is 8. The van der Waals surface area contributed by atoms with Gasteiger partial charge in [-0.1, -0.05) is 53.4 Å². The molecule has 3 atom stereocenters. The average Bonchev–Trinajstić information content (AvgIpc) is 3.71. The van der Waals surface area contributed by atoms with Crippen LogP contribution in [0.15, 0.2) is 65.0 Å². The molecule has 2 aromatic heterocycles. The summed E-state index contributed by atoms with van der Waals surface area (Å²) in [6, 6.07) is 10.9. The Morgan fingerprint density at radius 3 is 2.70 bits per heavy atom. The molecule has 1 saturated heterocycles. The Kier molecular flexibility index (Phi) is 8.03. The quantitative estimate of drug-likeness (QED) is 0.0738. The van der Waals surface area contributed by atoms with Crippen molar-refractivity contribution in [3.05, 3.63) is 71.2 Å². The summed E-state index contributed by atoms with van der Waals surface area (Å²) < 4.78 is 1.45. The Hall–Kier alpha value is -5.17. The largest absolute Gasteiger partial charge is 0.504 e. The van der Waals surface area contributed by atoms with Gasteiger partial charge in [0.1, 0.15) is 29.7 Å². The van der Waals surface area contributed by atoms with Crippen LogP contribution in [0.25, 0.3) is 0 Å². The number of aromatic hydroxyl groups is 2. The Morgan fingerprint density at radius 1 is 1.14 bits per heavy atom. The van der Waals surface area contributed by atoms with E-state index in [0.29, 0.717) is 27.9 Å². The zero-order valence-corrected chi connectivity index (χ0v) is 24.1. The van der Waals surface area contributed by atoms with Gasteiger partial charge in [0.15, 0.2) is 17.3 Å². The first kappa shape index (κ1) is 28.9. The van der Waals surface area contributed by atoms with E-state index in [1.165, 1.54) is 51.3 Å². The molecule has 0 bridgehead atoms. The smallest absolute Gasteiger partial charge is 0.352 e. The molecular weight excluding hydrogens is 614 g/mol. The Bertz CT molecular complexity index is 1730. The number of fused-ring (bicyclic) bond motifs is 1. The fraction of sp³-hybridized carbons (Fsp3) is 0.240. The van der Waals surface area contributed by atoms with Gasteiger partial charge in [-0.25, -0.2) is 9.48 Å². The third kappa shape index (κ3) is 5.61. The lowest BCUT2D eigenvalue weighted by atomic mass is 10.0. The number of thioether (sulfide) groups is 2. The number of H-pyrrole nitrogens is 1. The van der Waals surface area contributed by atoms with E-state index in [4.69, 9.17) is 0 Å². The molecule has 0 spiro atoms. The van der Waals surface area contributed by atoms with Gasteiger partial charge in [-0.15, -0.1) is 27.1 Å². The molecule has 2 aliphatic heterocycles. The van der Waals surface area contributed by atoms with Crippen molar-refractivity contribution < 1.29 is 29.7 Å². The second-order valence-electron chi connectivity index (χ2n) is 9.55. The van der Waals surface area contributed by atoms with E-state index in [1.54, 1.807) is 30.3 Å². The molecule has 0 radical (unpaired) electrons. The van der Waals surface area contributed by atoms with Gasteiger partial charge in [0.25, 0.3) is 5.91 Å². The summed E-state index contributed by atoms with van der Waals surface area (Å²) in [5.74, 6) is -2.35. The van der Waals surface area contributed by atoms with E-state index >= 15 is 0 Å². The van der Waals surface area contributed by atoms with Crippen LogP contribution in [0.3, 0.4) is 0 Å². The van der Waals surface area contributed by atoms with E-state index in [1.807, 2.05) is 0 Å². The van der Waals surface area contributed by atoms with Gasteiger partial charge in [0.2, 0.25) is 11.1 Å². The summed E-state index contributed by atoms with van der Waals surface area (Å²) in [5, 5.41) is 60.9. The van der Waals surface area contributed by atoms with E-state index in [0.717, 1.165) is 0 Å². The molecule has 0 aliphatic carbocycles. The summed E-state index contributed by atoms with van der Waals surface area (Å²) in [7, 11) is 0. The molecule has 226 valence electrons. The number of carbonyl (C=O) groups excluding carboxylic acids is 2. The molecule has 1 unspecified atom stereocenters. The van der Waals surface area contributed by atoms with Crippen LogP contribution in [0.1, 0.15) is 17.4 Å². The molecule has 1 fully saturated rings. The van der Waals surface area contributed by atoms with Crippen LogP contribution in [0.4, 0.5) is 5.69 Å². The lowest BCUT2D eigenvalue weighted by Crippen LogP contribution is -2.71. The highest BCUT2D eigenvalue weighted by Gasteiger charge is 2.54. The Balaban J connectivity index is 1.17. The first-order valence-electron chi connectivity index (χ1n) is 13.0. The Labute approximate surface area is 256 Å². The highest BCUT2D eigenvalue weighted by molar-refractivity contribution is 8.01. The monoisotopic (exact) mass is 637 g/mol. The Morgan fingerprint density at radius 2 is 1.95 bits per heavy atom. The summed E-state index contributed by atoms with van der Waals surface area (Å²) in [4.78, 5) is 40.4. The summed E-state index contributed by atoms with van der Waals surface area (Å²) in [6.45, 7) is 0.156. The maximum Gasteiger partial charge on any atom is 0.352 e. The number of tetrazole rings is 2. The van der Waals surface area contributed by atoms with E-state index < -0.39 is 41.0 Å². The summed E-state index contributed by atoms with van der Waals surface area (Å²) >= 11 is 2.53. The van der Waals surface area contributed by atoms with E-state index in [2.05, 4.69) is 46.8 Å². The van der Waals surface area contributed by atoms with Crippen molar-refractivity contribution >= 4 is 47.0 Å². The highest BCUT2D eigenvalue weighted by atomic mass is 32.2. The van der Waals surface area contributed by atoms with Gasteiger partial charge in [-0.3, -0.25) is 14.5 Å². The predicted molar refractivity (Wildman–Crippen MR) is 154 cm³/mol. The maximum absolute atomic E-state index is 13.6. The number of carboxylic acid groups (broad SMARTS) is 1. The number of aromatic nitrogens is 8. The molecule has 4 heterocycles. The molecule has 17 nitrogen and oxygen atoms in total. The standard InChI is InChI=1S/C25H23N11O6S2/c37-15-8-4-7-14(20(15)38)26-17(12-5-2-1-3-6-12)21(39)27-18-22(40)36-19(24(41)42)13(10-43-23(18)36)11-44-25-30-33-34-35(25)9-16-28-31-32-29-16/h1-8,17-18,23,26,37-38H,9-11H2,(H,27,39)(H,41,42)(H,28,29,31,32)/t17?,18-,23+/m1/s1. The minimum Gasteiger partial charge on any atom is -0.504 e. The highest BCUT2D eigenvalue weighted by Crippen LogP contribution is 2.42. The third-order valence-electron chi connectivity index (χ3n) is 6.81. The van der Waals surface area contributed by atoms with Crippen LogP contribution in [-0.4, -0.2) is 102 Å². The molecule has 2 amide bonds. The van der Waals surface area contributed by atoms with Crippen molar-refractivity contribution in [2.45, 2.75) is 29.2 Å². The first-order valence-corrected chi connectivity index (χ1v) is 15.0. The van der Waals surface area contributed by atoms with Crippen molar-refractivity contribution in [1.82, 2.24) is 51.0 Å². The summed E-state index contributed by atoms with van der Waals surface area (Å²) in [6.07, 6.45) is 0. The van der Waals surface area contributed by atoms with Gasteiger partial charge in [-0.05, 0) is 33.7 Å². The van der Waals surface area contributed by atoms with Crippen molar-refractivity contribution in [2.24, 2.45) is 0 Å². The van der Waals surface area contributed by atoms with E-state index in [9.17, 15) is 29.7 Å². The molecule has 2 aliphatic rings. The van der Waals surface area contributed by atoms with Gasteiger partial charge >= 0.3 is 5.97 Å². The number of para-hydroxylation sites is 1.